The van der Waals surface area contributed by atoms with Gasteiger partial charge in [0.2, 0.25) is 11.8 Å². The number of amides is 2. The van der Waals surface area contributed by atoms with Gasteiger partial charge in [0.25, 0.3) is 0 Å². The molecule has 4 rings (SSSR count). The van der Waals surface area contributed by atoms with Crippen LogP contribution in [0.15, 0.2) is 36.5 Å². The fraction of sp³-hybridized carbons (Fsp3) is 0.480. The van der Waals surface area contributed by atoms with Crippen molar-refractivity contribution < 1.29 is 9.59 Å². The van der Waals surface area contributed by atoms with Crippen molar-refractivity contribution in [1.29, 1.82) is 0 Å². The maximum Gasteiger partial charge on any atom is 0.246 e. The SMILES string of the molecule is O=C(/C=C/c1ccc(Cl)c(Cl)c1)N1CCC(=O)N(CCCN2CCC(c3cc[nH]n3)CC2)CC1. The van der Waals surface area contributed by atoms with Crippen LogP contribution in [-0.2, 0) is 9.59 Å². The van der Waals surface area contributed by atoms with Gasteiger partial charge in [-0.05, 0) is 68.7 Å². The third-order valence-electron chi connectivity index (χ3n) is 6.69. The van der Waals surface area contributed by atoms with Gasteiger partial charge in [0.05, 0.1) is 15.7 Å². The maximum absolute atomic E-state index is 12.7. The number of H-pyrrole nitrogens is 1. The molecule has 1 N–H and O–H groups in total. The lowest BCUT2D eigenvalue weighted by Gasteiger charge is -2.31. The highest BCUT2D eigenvalue weighted by atomic mass is 35.5. The maximum atomic E-state index is 12.7. The fourth-order valence-corrected chi connectivity index (χ4v) is 4.96. The normalized spacial score (nSPS) is 18.6. The van der Waals surface area contributed by atoms with Gasteiger partial charge in [0, 0.05) is 50.8 Å². The third kappa shape index (κ3) is 6.62. The molecule has 34 heavy (non-hydrogen) atoms. The van der Waals surface area contributed by atoms with E-state index >= 15 is 0 Å². The molecule has 2 amide bonds. The van der Waals surface area contributed by atoms with Crippen LogP contribution in [0.25, 0.3) is 6.08 Å². The molecule has 7 nitrogen and oxygen atoms in total. The van der Waals surface area contributed by atoms with Gasteiger partial charge < -0.3 is 14.7 Å². The van der Waals surface area contributed by atoms with Gasteiger partial charge in [-0.2, -0.15) is 5.10 Å². The van der Waals surface area contributed by atoms with Gasteiger partial charge in [-0.15, -0.1) is 0 Å². The van der Waals surface area contributed by atoms with Crippen LogP contribution in [0.3, 0.4) is 0 Å². The number of piperidine rings is 1. The number of rotatable bonds is 7. The number of benzene rings is 1. The molecule has 0 saturated carbocycles. The minimum absolute atomic E-state index is 0.0968. The molecule has 9 heteroatoms. The predicted octanol–water partition coefficient (Wildman–Crippen LogP) is 4.06. The van der Waals surface area contributed by atoms with Crippen LogP contribution in [0.5, 0.6) is 0 Å². The van der Waals surface area contributed by atoms with E-state index < -0.39 is 0 Å². The van der Waals surface area contributed by atoms with E-state index in [1.807, 2.05) is 17.2 Å². The number of hydrogen-bond acceptors (Lipinski definition) is 4. The predicted molar refractivity (Wildman–Crippen MR) is 135 cm³/mol. The van der Waals surface area contributed by atoms with Gasteiger partial charge in [-0.25, -0.2) is 0 Å². The first-order valence-corrected chi connectivity index (χ1v) is 12.7. The molecule has 2 aliphatic heterocycles. The Labute approximate surface area is 210 Å². The van der Waals surface area contributed by atoms with Crippen LogP contribution in [0.2, 0.25) is 10.0 Å². The van der Waals surface area contributed by atoms with Crippen molar-refractivity contribution in [3.8, 4) is 0 Å². The molecule has 3 heterocycles. The van der Waals surface area contributed by atoms with Crippen LogP contribution >= 0.6 is 23.2 Å². The zero-order valence-electron chi connectivity index (χ0n) is 19.3. The molecule has 2 fully saturated rings. The monoisotopic (exact) mass is 503 g/mol. The van der Waals surface area contributed by atoms with E-state index in [-0.39, 0.29) is 11.8 Å². The molecular formula is C25H31Cl2N5O2. The van der Waals surface area contributed by atoms with Crippen molar-refractivity contribution in [2.24, 2.45) is 0 Å². The van der Waals surface area contributed by atoms with Crippen molar-refractivity contribution in [1.82, 2.24) is 24.9 Å². The fourth-order valence-electron chi connectivity index (χ4n) is 4.65. The molecule has 0 spiro atoms. The molecule has 2 aromatic rings. The number of likely N-dealkylation sites (tertiary alicyclic amines) is 1. The zero-order chi connectivity index (χ0) is 23.9. The van der Waals surface area contributed by atoms with Crippen LogP contribution in [0.4, 0.5) is 0 Å². The number of aromatic nitrogens is 2. The summed E-state index contributed by atoms with van der Waals surface area (Å²) in [5.41, 5.74) is 1.98. The summed E-state index contributed by atoms with van der Waals surface area (Å²) in [7, 11) is 0. The van der Waals surface area contributed by atoms with E-state index in [1.54, 1.807) is 23.1 Å². The molecule has 2 saturated heterocycles. The second kappa shape index (κ2) is 11.9. The second-order valence-electron chi connectivity index (χ2n) is 8.93. The molecule has 182 valence electrons. The Bertz CT molecular complexity index is 1000. The largest absolute Gasteiger partial charge is 0.341 e. The first-order chi connectivity index (χ1) is 16.5. The number of nitrogens with one attached hydrogen (secondary N) is 1. The van der Waals surface area contributed by atoms with E-state index in [1.165, 1.54) is 11.8 Å². The first-order valence-electron chi connectivity index (χ1n) is 11.9. The quantitative estimate of drug-likeness (QED) is 0.578. The molecular weight excluding hydrogens is 473 g/mol. The highest BCUT2D eigenvalue weighted by Crippen LogP contribution is 2.26. The molecule has 0 unspecified atom stereocenters. The number of carbonyl (C=O) groups excluding carboxylic acids is 2. The summed E-state index contributed by atoms with van der Waals surface area (Å²) < 4.78 is 0. The Balaban J connectivity index is 1.19. The minimum Gasteiger partial charge on any atom is -0.341 e. The minimum atomic E-state index is -0.0968. The average Bonchev–Trinajstić information content (AvgIpc) is 3.32. The highest BCUT2D eigenvalue weighted by Gasteiger charge is 2.24. The molecule has 1 aromatic carbocycles. The van der Waals surface area contributed by atoms with Crippen molar-refractivity contribution in [3.63, 3.8) is 0 Å². The number of carbonyl (C=O) groups is 2. The number of hydrogen-bond donors (Lipinski definition) is 1. The molecule has 0 atom stereocenters. The standard InChI is InChI=1S/C25H31Cl2N5O2/c26-21-4-2-19(18-22(21)27)3-5-24(33)32-15-9-25(34)31(16-17-32)12-1-11-30-13-7-20(8-14-30)23-6-10-28-29-23/h2-6,10,18,20H,1,7-9,11-17H2,(H,28,29)/b5-3+. The Morgan fingerprint density at radius 1 is 1.06 bits per heavy atom. The molecule has 2 aliphatic rings. The van der Waals surface area contributed by atoms with Crippen molar-refractivity contribution in [2.45, 2.75) is 31.6 Å². The van der Waals surface area contributed by atoms with Crippen molar-refractivity contribution in [2.75, 3.05) is 45.8 Å². The van der Waals surface area contributed by atoms with E-state index in [9.17, 15) is 9.59 Å². The van der Waals surface area contributed by atoms with Gasteiger partial charge in [0.15, 0.2) is 0 Å². The smallest absolute Gasteiger partial charge is 0.246 e. The van der Waals surface area contributed by atoms with E-state index in [0.717, 1.165) is 51.0 Å². The third-order valence-corrected chi connectivity index (χ3v) is 7.43. The molecule has 0 aliphatic carbocycles. The van der Waals surface area contributed by atoms with Crippen LogP contribution in [0.1, 0.15) is 42.9 Å². The molecule has 0 radical (unpaired) electrons. The lowest BCUT2D eigenvalue weighted by molar-refractivity contribution is -0.130. The summed E-state index contributed by atoms with van der Waals surface area (Å²) >= 11 is 12.0. The van der Waals surface area contributed by atoms with Gasteiger partial charge in [-0.1, -0.05) is 29.3 Å². The zero-order valence-corrected chi connectivity index (χ0v) is 20.8. The van der Waals surface area contributed by atoms with Crippen LogP contribution in [-0.4, -0.2) is 82.5 Å². The van der Waals surface area contributed by atoms with Gasteiger partial charge in [0.1, 0.15) is 0 Å². The van der Waals surface area contributed by atoms with E-state index in [2.05, 4.69) is 21.2 Å². The Morgan fingerprint density at radius 2 is 1.88 bits per heavy atom. The summed E-state index contributed by atoms with van der Waals surface area (Å²) in [6.45, 7) is 5.43. The van der Waals surface area contributed by atoms with Crippen molar-refractivity contribution in [3.05, 3.63) is 57.8 Å². The summed E-state index contributed by atoms with van der Waals surface area (Å²) in [6.07, 6.45) is 8.71. The first kappa shape index (κ1) is 24.8. The summed E-state index contributed by atoms with van der Waals surface area (Å²) in [5.74, 6) is 0.574. The van der Waals surface area contributed by atoms with Gasteiger partial charge in [-0.3, -0.25) is 14.7 Å². The average molecular weight is 504 g/mol. The Morgan fingerprint density at radius 3 is 2.62 bits per heavy atom. The number of halogens is 2. The van der Waals surface area contributed by atoms with Crippen molar-refractivity contribution >= 4 is 41.1 Å². The summed E-state index contributed by atoms with van der Waals surface area (Å²) in [5, 5.41) is 8.17. The number of nitrogens with zero attached hydrogens (tertiary/aromatic N) is 4. The topological polar surface area (TPSA) is 72.5 Å². The molecule has 0 bridgehead atoms. The van der Waals surface area contributed by atoms with E-state index in [4.69, 9.17) is 23.2 Å². The van der Waals surface area contributed by atoms with Crippen LogP contribution < -0.4 is 0 Å². The molecule has 1 aromatic heterocycles. The summed E-state index contributed by atoms with van der Waals surface area (Å²) in [4.78, 5) is 31.4. The second-order valence-corrected chi connectivity index (χ2v) is 9.75. The number of aromatic amines is 1. The van der Waals surface area contributed by atoms with Crippen LogP contribution in [0, 0.1) is 0 Å². The Kier molecular flexibility index (Phi) is 8.64. The lowest BCUT2D eigenvalue weighted by Crippen LogP contribution is -2.38. The Hall–Kier alpha value is -2.35. The lowest BCUT2D eigenvalue weighted by atomic mass is 9.93. The highest BCUT2D eigenvalue weighted by molar-refractivity contribution is 6.42. The van der Waals surface area contributed by atoms with Gasteiger partial charge >= 0.3 is 0 Å². The van der Waals surface area contributed by atoms with E-state index in [0.29, 0.717) is 42.0 Å². The summed E-state index contributed by atoms with van der Waals surface area (Å²) in [6, 6.07) is 7.31.